The van der Waals surface area contributed by atoms with Crippen molar-refractivity contribution in [3.05, 3.63) is 162 Å². The number of aryl methyl sites for hydroxylation is 3. The smallest absolute Gasteiger partial charge is 0.240 e. The van der Waals surface area contributed by atoms with Gasteiger partial charge in [0.05, 0.1) is 49.9 Å². The Labute approximate surface area is 321 Å². The van der Waals surface area contributed by atoms with Gasteiger partial charge in [-0.1, -0.05) is 113 Å². The molecular weight excluding hydrogens is 751 g/mol. The minimum Gasteiger partial charge on any atom is -0.240 e. The molecule has 0 aliphatic carbocycles. The SMILES string of the molecule is Cc1ccc(S(=O)(=O)N(CC#Cc2cn(S(=O)(=O)c3ccc(C)cc3)c3ccccc23)CC#Cc2cn(S(=O)(=O)c3ccc(C)cc3)c3ccccc23)cc1. The molecule has 0 unspecified atom stereocenters. The normalized spacial score (nSPS) is 12.0. The van der Waals surface area contributed by atoms with Gasteiger partial charge >= 0.3 is 0 Å². The van der Waals surface area contributed by atoms with E-state index < -0.39 is 30.1 Å². The van der Waals surface area contributed by atoms with Crippen LogP contribution < -0.4 is 0 Å². The Morgan fingerprint density at radius 1 is 0.473 bits per heavy atom. The van der Waals surface area contributed by atoms with Gasteiger partial charge in [-0.15, -0.1) is 0 Å². The number of hydrogen-bond donors (Lipinski definition) is 0. The van der Waals surface area contributed by atoms with Crippen LogP contribution in [0.15, 0.2) is 148 Å². The third-order valence-corrected chi connectivity index (χ3v) is 14.3. The summed E-state index contributed by atoms with van der Waals surface area (Å²) in [5.74, 6) is 11.9. The molecule has 276 valence electrons. The van der Waals surface area contributed by atoms with Crippen LogP contribution in [-0.4, -0.2) is 50.6 Å². The van der Waals surface area contributed by atoms with Crippen molar-refractivity contribution in [1.29, 1.82) is 0 Å². The molecule has 0 spiro atoms. The Kier molecular flexibility index (Phi) is 10.0. The van der Waals surface area contributed by atoms with Crippen molar-refractivity contribution in [2.24, 2.45) is 0 Å². The zero-order valence-corrected chi connectivity index (χ0v) is 32.6. The van der Waals surface area contributed by atoms with Crippen molar-refractivity contribution in [3.63, 3.8) is 0 Å². The molecule has 0 atom stereocenters. The molecule has 0 fully saturated rings. The molecular formula is C43H35N3O6S3. The van der Waals surface area contributed by atoms with E-state index >= 15 is 0 Å². The van der Waals surface area contributed by atoms with Crippen LogP contribution in [0.25, 0.3) is 21.8 Å². The number of sulfonamides is 1. The van der Waals surface area contributed by atoms with Gasteiger partial charge in [0.15, 0.2) is 0 Å². The average Bonchev–Trinajstić information content (AvgIpc) is 3.74. The summed E-state index contributed by atoms with van der Waals surface area (Å²) < 4.78 is 86.4. The average molecular weight is 786 g/mol. The Morgan fingerprint density at radius 2 is 0.818 bits per heavy atom. The highest BCUT2D eigenvalue weighted by atomic mass is 32.2. The summed E-state index contributed by atoms with van der Waals surface area (Å²) in [6.07, 6.45) is 2.90. The number of rotatable bonds is 8. The third kappa shape index (κ3) is 7.33. The first-order valence-corrected chi connectivity index (χ1v) is 21.5. The predicted molar refractivity (Wildman–Crippen MR) is 215 cm³/mol. The van der Waals surface area contributed by atoms with Gasteiger partial charge in [0.1, 0.15) is 0 Å². The molecule has 0 bridgehead atoms. The van der Waals surface area contributed by atoms with Gasteiger partial charge in [0, 0.05) is 23.2 Å². The highest BCUT2D eigenvalue weighted by molar-refractivity contribution is 7.90. The van der Waals surface area contributed by atoms with Gasteiger partial charge in [-0.3, -0.25) is 0 Å². The molecule has 5 aromatic carbocycles. The lowest BCUT2D eigenvalue weighted by Crippen LogP contribution is -2.32. The standard InChI is InChI=1S/C43H35N3O6S3/c1-32-16-22-37(23-17-32)53(47,48)44(28-8-10-35-30-45(42-14-6-4-12-40(35)42)54(49,50)38-24-18-33(2)19-25-38)29-9-11-36-31-46(43-15-7-5-13-41(36)43)55(51,52)39-26-20-34(3)21-27-39/h4-7,12-27,30-31H,28-29H2,1-3H3. The van der Waals surface area contributed by atoms with E-state index in [1.54, 1.807) is 109 Å². The molecule has 7 aromatic rings. The molecule has 0 aliphatic rings. The molecule has 0 N–H and O–H groups in total. The van der Waals surface area contributed by atoms with E-state index in [9.17, 15) is 25.3 Å². The van der Waals surface area contributed by atoms with E-state index in [1.165, 1.54) is 32.5 Å². The number of fused-ring (bicyclic) bond motifs is 2. The Morgan fingerprint density at radius 3 is 1.20 bits per heavy atom. The van der Waals surface area contributed by atoms with Crippen LogP contribution in [0.5, 0.6) is 0 Å². The highest BCUT2D eigenvalue weighted by Crippen LogP contribution is 2.28. The number of hydrogen-bond acceptors (Lipinski definition) is 6. The molecule has 2 heterocycles. The van der Waals surface area contributed by atoms with Crippen molar-refractivity contribution in [2.45, 2.75) is 35.5 Å². The molecule has 0 radical (unpaired) electrons. The summed E-state index contributed by atoms with van der Waals surface area (Å²) in [7, 11) is -12.0. The first-order chi connectivity index (χ1) is 26.3. The predicted octanol–water partition coefficient (Wildman–Crippen LogP) is 7.09. The molecule has 0 amide bonds. The van der Waals surface area contributed by atoms with Crippen LogP contribution in [0, 0.1) is 44.5 Å². The fourth-order valence-electron chi connectivity index (χ4n) is 6.08. The molecule has 0 aliphatic heterocycles. The maximum Gasteiger partial charge on any atom is 0.268 e. The fraction of sp³-hybridized carbons (Fsp3) is 0.116. The van der Waals surface area contributed by atoms with Crippen molar-refractivity contribution in [1.82, 2.24) is 12.3 Å². The summed E-state index contributed by atoms with van der Waals surface area (Å²) in [6.45, 7) is 5.08. The monoisotopic (exact) mass is 785 g/mol. The molecule has 9 nitrogen and oxygen atoms in total. The van der Waals surface area contributed by atoms with Gasteiger partial charge in [-0.25, -0.2) is 33.2 Å². The number of aromatic nitrogens is 2. The second-order valence-electron chi connectivity index (χ2n) is 13.0. The number of benzene rings is 5. The topological polar surface area (TPSA) is 116 Å². The van der Waals surface area contributed by atoms with Crippen molar-refractivity contribution in [3.8, 4) is 23.7 Å². The molecule has 2 aromatic heterocycles. The number of nitrogens with zero attached hydrogens (tertiary/aromatic N) is 3. The summed E-state index contributed by atoms with van der Waals surface area (Å²) in [4.78, 5) is 0.314. The summed E-state index contributed by atoms with van der Waals surface area (Å²) in [5.41, 5.74) is 4.43. The van der Waals surface area contributed by atoms with E-state index in [2.05, 4.69) is 23.7 Å². The maximum absolute atomic E-state index is 14.0. The summed E-state index contributed by atoms with van der Waals surface area (Å²) in [6, 6.07) is 33.6. The Balaban J connectivity index is 1.25. The van der Waals surface area contributed by atoms with E-state index in [4.69, 9.17) is 0 Å². The molecule has 55 heavy (non-hydrogen) atoms. The third-order valence-electron chi connectivity index (χ3n) is 9.13. The van der Waals surface area contributed by atoms with E-state index in [0.29, 0.717) is 32.9 Å². The number of para-hydroxylation sites is 2. The van der Waals surface area contributed by atoms with Crippen LogP contribution in [0.3, 0.4) is 0 Å². The van der Waals surface area contributed by atoms with Crippen LogP contribution in [-0.2, 0) is 30.1 Å². The first-order valence-electron chi connectivity index (χ1n) is 17.2. The maximum atomic E-state index is 14.0. The van der Waals surface area contributed by atoms with Gasteiger partial charge in [-0.2, -0.15) is 4.31 Å². The largest absolute Gasteiger partial charge is 0.268 e. The first kappa shape index (κ1) is 37.4. The molecule has 12 heteroatoms. The second kappa shape index (κ2) is 14.7. The zero-order valence-electron chi connectivity index (χ0n) is 30.1. The van der Waals surface area contributed by atoms with Crippen LogP contribution in [0.1, 0.15) is 27.8 Å². The second-order valence-corrected chi connectivity index (χ2v) is 18.6. The van der Waals surface area contributed by atoms with E-state index in [0.717, 1.165) is 21.0 Å². The van der Waals surface area contributed by atoms with E-state index in [-0.39, 0.29) is 27.8 Å². The lowest BCUT2D eigenvalue weighted by atomic mass is 10.2. The van der Waals surface area contributed by atoms with E-state index in [1.807, 2.05) is 20.8 Å². The van der Waals surface area contributed by atoms with Gasteiger partial charge < -0.3 is 0 Å². The van der Waals surface area contributed by atoms with Gasteiger partial charge in [0.2, 0.25) is 10.0 Å². The Hall–Kier alpha value is -5.89. The van der Waals surface area contributed by atoms with Gasteiger partial charge in [0.25, 0.3) is 20.0 Å². The minimum atomic E-state index is -4.10. The van der Waals surface area contributed by atoms with Gasteiger partial charge in [-0.05, 0) is 69.3 Å². The lowest BCUT2D eigenvalue weighted by molar-refractivity contribution is 0.482. The van der Waals surface area contributed by atoms with Crippen molar-refractivity contribution >= 4 is 51.9 Å². The highest BCUT2D eigenvalue weighted by Gasteiger charge is 2.25. The van der Waals surface area contributed by atoms with Crippen molar-refractivity contribution in [2.75, 3.05) is 13.1 Å². The zero-order chi connectivity index (χ0) is 39.0. The van der Waals surface area contributed by atoms with Crippen LogP contribution >= 0.6 is 0 Å². The molecule has 7 rings (SSSR count). The molecule has 0 saturated heterocycles. The Bertz CT molecular complexity index is 2880. The molecule has 0 saturated carbocycles. The quantitative estimate of drug-likeness (QED) is 0.152. The fourth-order valence-corrected chi connectivity index (χ4v) is 10.1. The van der Waals surface area contributed by atoms with Crippen LogP contribution in [0.2, 0.25) is 0 Å². The minimum absolute atomic E-state index is 0.0586. The summed E-state index contributed by atoms with van der Waals surface area (Å²) in [5, 5.41) is 1.19. The van der Waals surface area contributed by atoms with Crippen LogP contribution in [0.4, 0.5) is 0 Å². The summed E-state index contributed by atoms with van der Waals surface area (Å²) >= 11 is 0. The van der Waals surface area contributed by atoms with Crippen molar-refractivity contribution < 1.29 is 25.3 Å². The lowest BCUT2D eigenvalue weighted by Gasteiger charge is -2.17.